The third-order valence-electron chi connectivity index (χ3n) is 5.95. The van der Waals surface area contributed by atoms with Crippen molar-refractivity contribution in [2.45, 2.75) is 49.8 Å². The summed E-state index contributed by atoms with van der Waals surface area (Å²) in [5, 5.41) is 12.4. The molecule has 0 bridgehead atoms. The van der Waals surface area contributed by atoms with Gasteiger partial charge in [-0.1, -0.05) is 17.7 Å². The monoisotopic (exact) mass is 487 g/mol. The van der Waals surface area contributed by atoms with Crippen LogP contribution in [0.2, 0.25) is 0 Å². The summed E-state index contributed by atoms with van der Waals surface area (Å²) in [5.74, 6) is 0.581. The molecule has 10 heteroatoms. The molecule has 0 radical (unpaired) electrons. The second kappa shape index (κ2) is 8.77. The third-order valence-corrected chi connectivity index (χ3v) is 8.16. The molecule has 0 aliphatic carbocycles. The van der Waals surface area contributed by atoms with Crippen LogP contribution in [0.4, 0.5) is 0 Å². The second-order valence-electron chi connectivity index (χ2n) is 8.38. The van der Waals surface area contributed by atoms with Crippen LogP contribution in [0.25, 0.3) is 21.3 Å². The quantitative estimate of drug-likeness (QED) is 0.408. The summed E-state index contributed by atoms with van der Waals surface area (Å²) in [5.41, 5.74) is 3.58. The topological polar surface area (TPSA) is 104 Å². The number of imidazole rings is 1. The molecule has 1 aromatic carbocycles. The molecule has 1 N–H and O–H groups in total. The molecule has 1 unspecified atom stereocenters. The van der Waals surface area contributed by atoms with Crippen LogP contribution >= 0.6 is 11.3 Å². The number of aromatic nitrogens is 3. The maximum atomic E-state index is 12.5. The largest absolute Gasteiger partial charge is 0.385 e. The minimum absolute atomic E-state index is 0.0303. The van der Waals surface area contributed by atoms with Crippen molar-refractivity contribution in [2.75, 3.05) is 13.2 Å². The Morgan fingerprint density at radius 2 is 2.03 bits per heavy atom. The van der Waals surface area contributed by atoms with Gasteiger partial charge in [0.1, 0.15) is 17.4 Å². The average molecular weight is 488 g/mol. The standard InChI is InChI=1S/C23H25N3O5S2/c1-14-3-7-18(8-4-14)33(28,29)31-13-17-6-5-16(12-30-17)26-21-20(25-23(26)15(2)27)11-24-19-9-10-32-22(19)21/h3-4,7-11,15-17,27H,5-6,12-13H2,1-2H3/t15?,16-,17+/m0/s1. The van der Waals surface area contributed by atoms with Gasteiger partial charge in [-0.25, -0.2) is 4.98 Å². The number of rotatable bonds is 6. The minimum Gasteiger partial charge on any atom is -0.385 e. The van der Waals surface area contributed by atoms with Crippen molar-refractivity contribution in [3.8, 4) is 0 Å². The van der Waals surface area contributed by atoms with E-state index in [1.54, 1.807) is 48.7 Å². The molecule has 1 aliphatic rings. The first-order valence-electron chi connectivity index (χ1n) is 10.8. The van der Waals surface area contributed by atoms with Crippen LogP contribution in [0, 0.1) is 6.92 Å². The van der Waals surface area contributed by atoms with Gasteiger partial charge in [0.2, 0.25) is 0 Å². The molecular formula is C23H25N3O5S2. The number of pyridine rings is 1. The van der Waals surface area contributed by atoms with Crippen LogP contribution in [0.5, 0.6) is 0 Å². The van der Waals surface area contributed by atoms with Gasteiger partial charge in [-0.2, -0.15) is 8.42 Å². The zero-order valence-electron chi connectivity index (χ0n) is 18.3. The number of fused-ring (bicyclic) bond motifs is 3. The molecule has 3 atom stereocenters. The molecule has 1 saturated heterocycles. The normalized spacial score (nSPS) is 20.5. The average Bonchev–Trinajstić information content (AvgIpc) is 3.43. The Balaban J connectivity index is 1.33. The number of thiophene rings is 1. The van der Waals surface area contributed by atoms with E-state index in [0.29, 0.717) is 18.9 Å². The summed E-state index contributed by atoms with van der Waals surface area (Å²) < 4.78 is 39.4. The van der Waals surface area contributed by atoms with Gasteiger partial charge in [-0.05, 0) is 50.3 Å². The van der Waals surface area contributed by atoms with Gasteiger partial charge in [0, 0.05) is 0 Å². The molecule has 0 saturated carbocycles. The van der Waals surface area contributed by atoms with E-state index in [4.69, 9.17) is 8.92 Å². The highest BCUT2D eigenvalue weighted by molar-refractivity contribution is 7.86. The highest BCUT2D eigenvalue weighted by Crippen LogP contribution is 2.36. The van der Waals surface area contributed by atoms with Crippen molar-refractivity contribution in [1.29, 1.82) is 0 Å². The number of nitrogens with zero attached hydrogens (tertiary/aromatic N) is 3. The fraction of sp³-hybridized carbons (Fsp3) is 0.391. The molecule has 0 spiro atoms. The number of aryl methyl sites for hydroxylation is 1. The van der Waals surface area contributed by atoms with Crippen molar-refractivity contribution in [1.82, 2.24) is 14.5 Å². The molecule has 3 aromatic heterocycles. The summed E-state index contributed by atoms with van der Waals surface area (Å²) >= 11 is 1.60. The molecule has 33 heavy (non-hydrogen) atoms. The van der Waals surface area contributed by atoms with E-state index in [-0.39, 0.29) is 23.6 Å². The van der Waals surface area contributed by atoms with Gasteiger partial charge in [0.25, 0.3) is 10.1 Å². The Bertz CT molecular complexity index is 1390. The predicted octanol–water partition coefficient (Wildman–Crippen LogP) is 4.13. The molecule has 174 valence electrons. The number of aliphatic hydroxyl groups is 1. The second-order valence-corrected chi connectivity index (χ2v) is 10.9. The van der Waals surface area contributed by atoms with Crippen LogP contribution in [0.3, 0.4) is 0 Å². The van der Waals surface area contributed by atoms with E-state index in [1.807, 2.05) is 18.4 Å². The maximum Gasteiger partial charge on any atom is 0.297 e. The summed E-state index contributed by atoms with van der Waals surface area (Å²) in [7, 11) is -3.83. The Morgan fingerprint density at radius 3 is 2.73 bits per heavy atom. The molecule has 4 aromatic rings. The van der Waals surface area contributed by atoms with E-state index in [2.05, 4.69) is 14.5 Å². The smallest absolute Gasteiger partial charge is 0.297 e. The van der Waals surface area contributed by atoms with Gasteiger partial charge in [0.05, 0.1) is 52.2 Å². The first-order valence-corrected chi connectivity index (χ1v) is 13.1. The number of benzene rings is 1. The predicted molar refractivity (Wildman–Crippen MR) is 126 cm³/mol. The summed E-state index contributed by atoms with van der Waals surface area (Å²) in [6.07, 6.45) is 2.05. The SMILES string of the molecule is Cc1ccc(S(=O)(=O)OC[C@H]2CC[C@H](n3c(C(C)O)nc4cnc5ccsc5c43)CO2)cc1. The van der Waals surface area contributed by atoms with Crippen LogP contribution in [0.1, 0.15) is 43.3 Å². The van der Waals surface area contributed by atoms with Crippen LogP contribution in [-0.2, 0) is 19.0 Å². The van der Waals surface area contributed by atoms with Crippen molar-refractivity contribution >= 4 is 42.7 Å². The highest BCUT2D eigenvalue weighted by atomic mass is 32.2. The lowest BCUT2D eigenvalue weighted by molar-refractivity contribution is -0.0332. The maximum absolute atomic E-state index is 12.5. The Labute approximate surface area is 195 Å². The molecule has 4 heterocycles. The molecule has 0 amide bonds. The van der Waals surface area contributed by atoms with E-state index < -0.39 is 16.2 Å². The minimum atomic E-state index is -3.83. The van der Waals surface area contributed by atoms with E-state index in [0.717, 1.165) is 33.2 Å². The van der Waals surface area contributed by atoms with E-state index >= 15 is 0 Å². The lowest BCUT2D eigenvalue weighted by atomic mass is 10.0. The van der Waals surface area contributed by atoms with Crippen molar-refractivity contribution in [3.63, 3.8) is 0 Å². The van der Waals surface area contributed by atoms with Crippen molar-refractivity contribution in [2.24, 2.45) is 0 Å². The lowest BCUT2D eigenvalue weighted by Crippen LogP contribution is -2.32. The summed E-state index contributed by atoms with van der Waals surface area (Å²) in [6, 6.07) is 8.52. The van der Waals surface area contributed by atoms with Gasteiger partial charge in [0.15, 0.2) is 0 Å². The number of aliphatic hydroxyl groups excluding tert-OH is 1. The lowest BCUT2D eigenvalue weighted by Gasteiger charge is -2.31. The summed E-state index contributed by atoms with van der Waals surface area (Å²) in [6.45, 7) is 3.94. The number of hydrogen-bond donors (Lipinski definition) is 1. The fourth-order valence-electron chi connectivity index (χ4n) is 4.23. The van der Waals surface area contributed by atoms with Gasteiger partial charge < -0.3 is 14.4 Å². The Hall–Kier alpha value is -2.37. The first-order chi connectivity index (χ1) is 15.8. The summed E-state index contributed by atoms with van der Waals surface area (Å²) in [4.78, 5) is 9.25. The number of ether oxygens (including phenoxy) is 1. The van der Waals surface area contributed by atoms with Gasteiger partial charge in [-0.3, -0.25) is 9.17 Å². The molecule has 8 nitrogen and oxygen atoms in total. The highest BCUT2D eigenvalue weighted by Gasteiger charge is 2.30. The van der Waals surface area contributed by atoms with E-state index in [1.165, 1.54) is 0 Å². The van der Waals surface area contributed by atoms with Crippen LogP contribution in [0.15, 0.2) is 46.8 Å². The van der Waals surface area contributed by atoms with E-state index in [9.17, 15) is 13.5 Å². The third kappa shape index (κ3) is 4.29. The van der Waals surface area contributed by atoms with Gasteiger partial charge >= 0.3 is 0 Å². The van der Waals surface area contributed by atoms with Crippen molar-refractivity contribution < 1.29 is 22.4 Å². The van der Waals surface area contributed by atoms with Crippen molar-refractivity contribution in [3.05, 3.63) is 53.3 Å². The molecule has 1 aliphatic heterocycles. The first kappa shape index (κ1) is 22.4. The Kier molecular flexibility index (Phi) is 5.96. The molecular weight excluding hydrogens is 462 g/mol. The Morgan fingerprint density at radius 1 is 1.24 bits per heavy atom. The van der Waals surface area contributed by atoms with Gasteiger partial charge in [-0.15, -0.1) is 11.3 Å². The molecule has 1 fully saturated rings. The number of hydrogen-bond acceptors (Lipinski definition) is 8. The van der Waals surface area contributed by atoms with Crippen LogP contribution in [-0.4, -0.2) is 47.4 Å². The van der Waals surface area contributed by atoms with Crippen LogP contribution < -0.4 is 0 Å². The molecule has 5 rings (SSSR count). The zero-order chi connectivity index (χ0) is 23.2. The zero-order valence-corrected chi connectivity index (χ0v) is 20.0. The fourth-order valence-corrected chi connectivity index (χ4v) is 6.05.